The number of nitrogens with zero attached hydrogens (tertiary/aromatic N) is 5. The van der Waals surface area contributed by atoms with Crippen LogP contribution in [0.15, 0.2) is 29.0 Å². The van der Waals surface area contributed by atoms with E-state index in [1.54, 1.807) is 0 Å². The average molecular weight is 315 g/mol. The second-order valence-electron chi connectivity index (χ2n) is 6.42. The molecule has 1 saturated heterocycles. The van der Waals surface area contributed by atoms with Gasteiger partial charge in [-0.3, -0.25) is 14.8 Å². The van der Waals surface area contributed by atoms with E-state index in [0.29, 0.717) is 17.9 Å². The minimum Gasteiger partial charge on any atom is -0.339 e. The summed E-state index contributed by atoms with van der Waals surface area (Å²) in [5, 5.41) is 4.05. The van der Waals surface area contributed by atoms with Crippen LogP contribution >= 0.6 is 0 Å². The first-order valence-electron chi connectivity index (χ1n) is 8.27. The largest absolute Gasteiger partial charge is 0.339 e. The molecule has 0 unspecified atom stereocenters. The number of pyridine rings is 1. The quantitative estimate of drug-likeness (QED) is 0.814. The number of hydrogen-bond donors (Lipinski definition) is 0. The molecule has 0 aliphatic carbocycles. The highest BCUT2D eigenvalue weighted by molar-refractivity contribution is 5.17. The topological polar surface area (TPSA) is 58.3 Å². The van der Waals surface area contributed by atoms with Gasteiger partial charge < -0.3 is 4.52 Å². The van der Waals surface area contributed by atoms with Crippen LogP contribution in [0.5, 0.6) is 0 Å². The van der Waals surface area contributed by atoms with Gasteiger partial charge in [0.25, 0.3) is 0 Å². The zero-order valence-electron chi connectivity index (χ0n) is 14.1. The van der Waals surface area contributed by atoms with Gasteiger partial charge in [0.15, 0.2) is 5.82 Å². The smallest absolute Gasteiger partial charge is 0.226 e. The predicted molar refractivity (Wildman–Crippen MR) is 87.7 cm³/mol. The van der Waals surface area contributed by atoms with Gasteiger partial charge in [0, 0.05) is 31.4 Å². The van der Waals surface area contributed by atoms with Gasteiger partial charge in [-0.1, -0.05) is 18.1 Å². The highest BCUT2D eigenvalue weighted by Gasteiger charge is 2.33. The Hall–Kier alpha value is -1.79. The van der Waals surface area contributed by atoms with Gasteiger partial charge in [0.05, 0.1) is 6.54 Å². The van der Waals surface area contributed by atoms with Gasteiger partial charge in [-0.25, -0.2) is 0 Å². The summed E-state index contributed by atoms with van der Waals surface area (Å²) < 4.78 is 5.19. The van der Waals surface area contributed by atoms with E-state index < -0.39 is 0 Å². The molecular formula is C17H25N5O. The summed E-state index contributed by atoms with van der Waals surface area (Å²) >= 11 is 0. The Morgan fingerprint density at radius 3 is 3.00 bits per heavy atom. The molecule has 0 amide bonds. The van der Waals surface area contributed by atoms with E-state index in [4.69, 9.17) is 4.52 Å². The Morgan fingerprint density at radius 1 is 1.43 bits per heavy atom. The molecule has 23 heavy (non-hydrogen) atoms. The lowest BCUT2D eigenvalue weighted by Crippen LogP contribution is -2.30. The van der Waals surface area contributed by atoms with Crippen molar-refractivity contribution in [3.63, 3.8) is 0 Å². The van der Waals surface area contributed by atoms with Gasteiger partial charge in [0.2, 0.25) is 5.89 Å². The fraction of sp³-hybridized carbons (Fsp3) is 0.588. The van der Waals surface area contributed by atoms with Gasteiger partial charge in [0.1, 0.15) is 0 Å². The molecule has 0 bridgehead atoms. The number of aryl methyl sites for hydroxylation is 1. The van der Waals surface area contributed by atoms with E-state index in [0.717, 1.165) is 31.9 Å². The van der Waals surface area contributed by atoms with E-state index in [1.165, 1.54) is 12.0 Å². The normalized spacial score (nSPS) is 22.1. The van der Waals surface area contributed by atoms with Crippen molar-refractivity contribution in [1.82, 2.24) is 24.9 Å². The summed E-state index contributed by atoms with van der Waals surface area (Å²) in [6, 6.07) is 4.63. The summed E-state index contributed by atoms with van der Waals surface area (Å²) in [5.74, 6) is 2.07. The van der Waals surface area contributed by atoms with Crippen molar-refractivity contribution in [2.45, 2.75) is 32.4 Å². The first-order valence-corrected chi connectivity index (χ1v) is 8.27. The maximum absolute atomic E-state index is 5.19. The second-order valence-corrected chi connectivity index (χ2v) is 6.42. The molecule has 3 rings (SSSR count). The molecule has 1 aliphatic heterocycles. The van der Waals surface area contributed by atoms with Gasteiger partial charge in [-0.2, -0.15) is 4.98 Å². The number of rotatable bonds is 6. The predicted octanol–water partition coefficient (Wildman–Crippen LogP) is 2.15. The SMILES string of the molecule is CCc1nc(CN(C)C[C@@H]2CCN(C)[C@H]2c2cccnc2)no1. The molecule has 2 aromatic rings. The van der Waals surface area contributed by atoms with Crippen LogP contribution in [0.3, 0.4) is 0 Å². The van der Waals surface area contributed by atoms with E-state index in [1.807, 2.05) is 25.4 Å². The highest BCUT2D eigenvalue weighted by Crippen LogP contribution is 2.36. The van der Waals surface area contributed by atoms with Crippen molar-refractivity contribution in [3.05, 3.63) is 41.8 Å². The summed E-state index contributed by atoms with van der Waals surface area (Å²) in [7, 11) is 4.32. The molecule has 1 aliphatic rings. The van der Waals surface area contributed by atoms with E-state index >= 15 is 0 Å². The van der Waals surface area contributed by atoms with Gasteiger partial charge in [-0.05, 0) is 44.6 Å². The van der Waals surface area contributed by atoms with Crippen LogP contribution < -0.4 is 0 Å². The summed E-state index contributed by atoms with van der Waals surface area (Å²) in [4.78, 5) is 13.4. The van der Waals surface area contributed by atoms with Crippen LogP contribution in [0.2, 0.25) is 0 Å². The van der Waals surface area contributed by atoms with Crippen molar-refractivity contribution < 1.29 is 4.52 Å². The molecule has 0 N–H and O–H groups in total. The number of likely N-dealkylation sites (tertiary alicyclic amines) is 1. The Kier molecular flexibility index (Phi) is 5.03. The van der Waals surface area contributed by atoms with Crippen molar-refractivity contribution in [1.29, 1.82) is 0 Å². The zero-order chi connectivity index (χ0) is 16.2. The zero-order valence-corrected chi connectivity index (χ0v) is 14.1. The van der Waals surface area contributed by atoms with Crippen LogP contribution in [-0.2, 0) is 13.0 Å². The van der Waals surface area contributed by atoms with Crippen LogP contribution in [0.4, 0.5) is 0 Å². The Bertz CT molecular complexity index is 614. The Morgan fingerprint density at radius 2 is 2.30 bits per heavy atom. The fourth-order valence-electron chi connectivity index (χ4n) is 3.50. The minimum atomic E-state index is 0.433. The molecule has 0 saturated carbocycles. The molecule has 124 valence electrons. The Balaban J connectivity index is 1.63. The van der Waals surface area contributed by atoms with Crippen LogP contribution in [-0.4, -0.2) is 52.1 Å². The standard InChI is InChI=1S/C17H25N5O/c1-4-16-19-15(20-23-16)12-21(2)11-14-7-9-22(3)17(14)13-6-5-8-18-10-13/h5-6,8,10,14,17H,4,7,9,11-12H2,1-3H3/t14-,17-/m0/s1. The van der Waals surface area contributed by atoms with Gasteiger partial charge >= 0.3 is 0 Å². The molecule has 0 spiro atoms. The fourth-order valence-corrected chi connectivity index (χ4v) is 3.50. The maximum Gasteiger partial charge on any atom is 0.226 e. The van der Waals surface area contributed by atoms with E-state index in [9.17, 15) is 0 Å². The molecule has 2 atom stereocenters. The molecule has 2 aromatic heterocycles. The van der Waals surface area contributed by atoms with Crippen molar-refractivity contribution >= 4 is 0 Å². The van der Waals surface area contributed by atoms with E-state index in [2.05, 4.69) is 45.1 Å². The maximum atomic E-state index is 5.19. The molecule has 1 fully saturated rings. The van der Waals surface area contributed by atoms with Crippen molar-refractivity contribution in [2.75, 3.05) is 27.2 Å². The van der Waals surface area contributed by atoms with Crippen LogP contribution in [0, 0.1) is 5.92 Å². The van der Waals surface area contributed by atoms with Crippen LogP contribution in [0.25, 0.3) is 0 Å². The molecule has 3 heterocycles. The molecule has 6 heteroatoms. The van der Waals surface area contributed by atoms with Crippen molar-refractivity contribution in [2.24, 2.45) is 5.92 Å². The lowest BCUT2D eigenvalue weighted by atomic mass is 9.94. The van der Waals surface area contributed by atoms with Gasteiger partial charge in [-0.15, -0.1) is 0 Å². The Labute approximate surface area is 137 Å². The first kappa shape index (κ1) is 16.1. The third-order valence-corrected chi connectivity index (χ3v) is 4.57. The first-order chi connectivity index (χ1) is 11.2. The molecule has 0 radical (unpaired) electrons. The summed E-state index contributed by atoms with van der Waals surface area (Å²) in [6.07, 6.45) is 5.81. The van der Waals surface area contributed by atoms with Crippen LogP contribution in [0.1, 0.15) is 36.7 Å². The lowest BCUT2D eigenvalue weighted by Gasteiger charge is -2.28. The molecule has 6 nitrogen and oxygen atoms in total. The van der Waals surface area contributed by atoms with Crippen molar-refractivity contribution in [3.8, 4) is 0 Å². The second kappa shape index (κ2) is 7.19. The summed E-state index contributed by atoms with van der Waals surface area (Å²) in [6.45, 7) is 4.89. The molecule has 0 aromatic carbocycles. The number of hydrogen-bond acceptors (Lipinski definition) is 6. The average Bonchev–Trinajstić information content (AvgIpc) is 3.15. The lowest BCUT2D eigenvalue weighted by molar-refractivity contribution is 0.209. The third-order valence-electron chi connectivity index (χ3n) is 4.57. The highest BCUT2D eigenvalue weighted by atomic mass is 16.5. The minimum absolute atomic E-state index is 0.433. The number of aromatic nitrogens is 3. The molecular weight excluding hydrogens is 290 g/mol. The van der Waals surface area contributed by atoms with E-state index in [-0.39, 0.29) is 0 Å². The third kappa shape index (κ3) is 3.76. The summed E-state index contributed by atoms with van der Waals surface area (Å²) in [5.41, 5.74) is 1.30. The monoisotopic (exact) mass is 315 g/mol.